The Kier molecular flexibility index (Phi) is 9.62. The smallest absolute Gasteiger partial charge is 0.166 e. The van der Waals surface area contributed by atoms with Gasteiger partial charge in [-0.1, -0.05) is 80.8 Å². The summed E-state index contributed by atoms with van der Waals surface area (Å²) < 4.78 is 50.6. The fourth-order valence-electron chi connectivity index (χ4n) is 5.19. The van der Waals surface area contributed by atoms with Gasteiger partial charge < -0.3 is 4.74 Å². The number of unbranched alkanes of at least 4 members (excludes halogenated alkanes) is 3. The predicted molar refractivity (Wildman–Crippen MR) is 146 cm³/mol. The van der Waals surface area contributed by atoms with E-state index in [0.29, 0.717) is 35.6 Å². The van der Waals surface area contributed by atoms with Gasteiger partial charge in [-0.15, -0.1) is 6.58 Å². The summed E-state index contributed by atoms with van der Waals surface area (Å²) in [4.78, 5) is 0. The molecule has 0 aliphatic carbocycles. The third-order valence-corrected chi connectivity index (χ3v) is 7.49. The lowest BCUT2D eigenvalue weighted by atomic mass is 9.90. The Morgan fingerprint density at radius 3 is 2.30 bits per heavy atom. The normalized spacial score (nSPS) is 17.6. The maximum atomic E-state index is 15.0. The molecule has 1 nitrogen and oxygen atoms in total. The minimum atomic E-state index is -0.810. The van der Waals surface area contributed by atoms with Gasteiger partial charge in [-0.25, -0.2) is 13.2 Å². The number of allylic oxidation sites excluding steroid dienone is 1. The van der Waals surface area contributed by atoms with Crippen LogP contribution < -0.4 is 0 Å². The highest BCUT2D eigenvalue weighted by Gasteiger charge is 2.25. The van der Waals surface area contributed by atoms with E-state index in [-0.39, 0.29) is 17.5 Å². The van der Waals surface area contributed by atoms with Crippen molar-refractivity contribution in [2.75, 3.05) is 6.61 Å². The standard InChI is InChI=1S/C33H37F3O/c1-3-5-7-8-10-26-16-18-28(33(36)32(26)35)25-14-12-24(13-15-25)27-17-19-29(30(34)21-27)31-20-11-23(22-37-31)9-6-4-2/h4,12-19,21,23,31H,2-3,5-11,20,22H2,1H3. The van der Waals surface area contributed by atoms with Crippen LogP contribution in [0.5, 0.6) is 0 Å². The molecule has 0 radical (unpaired) electrons. The van der Waals surface area contributed by atoms with E-state index in [4.69, 9.17) is 4.74 Å². The summed E-state index contributed by atoms with van der Waals surface area (Å²) in [6.07, 6.45) is 10.2. The summed E-state index contributed by atoms with van der Waals surface area (Å²) >= 11 is 0. The van der Waals surface area contributed by atoms with E-state index in [1.165, 1.54) is 6.07 Å². The minimum Gasteiger partial charge on any atom is -0.373 e. The largest absolute Gasteiger partial charge is 0.373 e. The number of ether oxygens (including phenoxy) is 1. The third-order valence-electron chi connectivity index (χ3n) is 7.49. The zero-order valence-corrected chi connectivity index (χ0v) is 21.7. The van der Waals surface area contributed by atoms with E-state index in [0.717, 1.165) is 62.5 Å². The van der Waals surface area contributed by atoms with Gasteiger partial charge >= 0.3 is 0 Å². The molecule has 2 atom stereocenters. The number of aryl methyl sites for hydroxylation is 1. The molecular weight excluding hydrogens is 469 g/mol. The predicted octanol–water partition coefficient (Wildman–Crippen LogP) is 9.99. The second-order valence-electron chi connectivity index (χ2n) is 10.2. The molecule has 1 aliphatic heterocycles. The molecule has 0 aromatic heterocycles. The summed E-state index contributed by atoms with van der Waals surface area (Å²) in [5.41, 5.74) is 3.41. The molecule has 0 bridgehead atoms. The van der Waals surface area contributed by atoms with Gasteiger partial charge in [0.2, 0.25) is 0 Å². The van der Waals surface area contributed by atoms with Crippen molar-refractivity contribution in [2.24, 2.45) is 5.92 Å². The SMILES string of the molecule is C=CCCC1CCC(c2ccc(-c3ccc(-c4ccc(CCCCCC)c(F)c4F)cc3)cc2F)OC1. The van der Waals surface area contributed by atoms with Crippen LogP contribution in [0.25, 0.3) is 22.3 Å². The van der Waals surface area contributed by atoms with Crippen LogP contribution in [-0.4, -0.2) is 6.61 Å². The highest BCUT2D eigenvalue weighted by molar-refractivity contribution is 5.71. The summed E-state index contributed by atoms with van der Waals surface area (Å²) in [5, 5.41) is 0. The molecule has 3 aromatic carbocycles. The van der Waals surface area contributed by atoms with Gasteiger partial charge in [0.25, 0.3) is 0 Å². The first-order chi connectivity index (χ1) is 18.0. The summed E-state index contributed by atoms with van der Waals surface area (Å²) in [6, 6.07) is 15.7. The van der Waals surface area contributed by atoms with Crippen molar-refractivity contribution in [3.63, 3.8) is 0 Å². The Hall–Kier alpha value is -2.85. The molecule has 37 heavy (non-hydrogen) atoms. The minimum absolute atomic E-state index is 0.219. The van der Waals surface area contributed by atoms with Crippen LogP contribution in [0, 0.1) is 23.4 Å². The van der Waals surface area contributed by atoms with Crippen LogP contribution in [-0.2, 0) is 11.2 Å². The van der Waals surface area contributed by atoms with Crippen LogP contribution in [0.4, 0.5) is 13.2 Å². The molecule has 1 aliphatic rings. The second-order valence-corrected chi connectivity index (χ2v) is 10.2. The van der Waals surface area contributed by atoms with E-state index in [1.807, 2.05) is 30.3 Å². The van der Waals surface area contributed by atoms with E-state index < -0.39 is 11.6 Å². The van der Waals surface area contributed by atoms with Gasteiger partial charge in [-0.3, -0.25) is 0 Å². The number of benzene rings is 3. The summed E-state index contributed by atoms with van der Waals surface area (Å²) in [5.74, 6) is -1.34. The van der Waals surface area contributed by atoms with E-state index >= 15 is 4.39 Å². The van der Waals surface area contributed by atoms with E-state index in [1.54, 1.807) is 24.3 Å². The van der Waals surface area contributed by atoms with Crippen molar-refractivity contribution in [2.45, 2.75) is 70.8 Å². The zero-order chi connectivity index (χ0) is 26.2. The molecule has 4 rings (SSSR count). The Morgan fingerprint density at radius 2 is 1.62 bits per heavy atom. The van der Waals surface area contributed by atoms with Crippen molar-refractivity contribution < 1.29 is 17.9 Å². The summed E-state index contributed by atoms with van der Waals surface area (Å²) in [7, 11) is 0. The lowest BCUT2D eigenvalue weighted by molar-refractivity contribution is -0.0207. The van der Waals surface area contributed by atoms with Gasteiger partial charge in [0.05, 0.1) is 12.7 Å². The maximum absolute atomic E-state index is 15.0. The summed E-state index contributed by atoms with van der Waals surface area (Å²) in [6.45, 7) is 6.55. The van der Waals surface area contributed by atoms with Gasteiger partial charge in [0, 0.05) is 11.1 Å². The average molecular weight is 507 g/mol. The number of halogens is 3. The third kappa shape index (κ3) is 6.73. The first-order valence-corrected chi connectivity index (χ1v) is 13.6. The molecule has 0 amide bonds. The average Bonchev–Trinajstić information content (AvgIpc) is 2.93. The van der Waals surface area contributed by atoms with Crippen molar-refractivity contribution in [3.8, 4) is 22.3 Å². The van der Waals surface area contributed by atoms with Gasteiger partial charge in [0.15, 0.2) is 11.6 Å². The van der Waals surface area contributed by atoms with Crippen molar-refractivity contribution in [1.29, 1.82) is 0 Å². The van der Waals surface area contributed by atoms with Crippen LogP contribution in [0.2, 0.25) is 0 Å². The van der Waals surface area contributed by atoms with Gasteiger partial charge in [-0.05, 0) is 72.8 Å². The molecule has 1 heterocycles. The Labute approximate surface area is 219 Å². The Balaban J connectivity index is 1.43. The molecule has 2 unspecified atom stereocenters. The molecule has 0 spiro atoms. The highest BCUT2D eigenvalue weighted by atomic mass is 19.2. The molecule has 3 aromatic rings. The van der Waals surface area contributed by atoms with Crippen molar-refractivity contribution in [1.82, 2.24) is 0 Å². The lowest BCUT2D eigenvalue weighted by Gasteiger charge is -2.29. The monoisotopic (exact) mass is 506 g/mol. The Morgan fingerprint density at radius 1 is 0.865 bits per heavy atom. The lowest BCUT2D eigenvalue weighted by Crippen LogP contribution is -2.21. The molecular formula is C33H37F3O. The topological polar surface area (TPSA) is 9.23 Å². The molecule has 1 fully saturated rings. The highest BCUT2D eigenvalue weighted by Crippen LogP contribution is 2.35. The van der Waals surface area contributed by atoms with Gasteiger partial charge in [-0.2, -0.15) is 0 Å². The quantitative estimate of drug-likeness (QED) is 0.186. The van der Waals surface area contributed by atoms with Crippen LogP contribution in [0.15, 0.2) is 67.3 Å². The van der Waals surface area contributed by atoms with E-state index in [2.05, 4.69) is 13.5 Å². The molecule has 1 saturated heterocycles. The first-order valence-electron chi connectivity index (χ1n) is 13.6. The first kappa shape index (κ1) is 27.2. The molecule has 4 heteroatoms. The number of hydrogen-bond donors (Lipinski definition) is 0. The van der Waals surface area contributed by atoms with Crippen LogP contribution >= 0.6 is 0 Å². The number of rotatable bonds is 11. The fraction of sp³-hybridized carbons (Fsp3) is 0.394. The number of hydrogen-bond acceptors (Lipinski definition) is 1. The van der Waals surface area contributed by atoms with Crippen LogP contribution in [0.1, 0.15) is 75.5 Å². The zero-order valence-electron chi connectivity index (χ0n) is 21.7. The molecule has 0 N–H and O–H groups in total. The van der Waals surface area contributed by atoms with Crippen molar-refractivity contribution >= 4 is 0 Å². The fourth-order valence-corrected chi connectivity index (χ4v) is 5.19. The van der Waals surface area contributed by atoms with E-state index in [9.17, 15) is 8.78 Å². The molecule has 196 valence electrons. The van der Waals surface area contributed by atoms with Crippen LogP contribution in [0.3, 0.4) is 0 Å². The second kappa shape index (κ2) is 13.1. The molecule has 0 saturated carbocycles. The Bertz CT molecular complexity index is 1180. The van der Waals surface area contributed by atoms with Crippen molar-refractivity contribution in [3.05, 3.63) is 95.8 Å². The van der Waals surface area contributed by atoms with Gasteiger partial charge in [0.1, 0.15) is 5.82 Å². The maximum Gasteiger partial charge on any atom is 0.166 e.